The van der Waals surface area contributed by atoms with E-state index in [1.54, 1.807) is 30.3 Å². The second-order valence-electron chi connectivity index (χ2n) is 5.62. The summed E-state index contributed by atoms with van der Waals surface area (Å²) in [6, 6.07) is 13.0. The van der Waals surface area contributed by atoms with E-state index in [2.05, 4.69) is 10.6 Å². The lowest BCUT2D eigenvalue weighted by molar-refractivity contribution is -0.146. The molecule has 0 aliphatic carbocycles. The van der Waals surface area contributed by atoms with E-state index in [1.165, 1.54) is 12.1 Å². The lowest BCUT2D eigenvalue weighted by atomic mass is 10.2. The molecule has 2 aromatic rings. The zero-order valence-electron chi connectivity index (χ0n) is 14.6. The maximum absolute atomic E-state index is 12.1. The predicted octanol–water partition coefficient (Wildman–Crippen LogP) is 1.20. The summed E-state index contributed by atoms with van der Waals surface area (Å²) in [6.07, 6.45) is 0. The molecule has 9 nitrogen and oxygen atoms in total. The van der Waals surface area contributed by atoms with Crippen molar-refractivity contribution < 1.29 is 28.6 Å². The number of amides is 2. The minimum Gasteiger partial charge on any atom is -0.454 e. The number of carbonyl (C=O) groups excluding carboxylic acids is 3. The average Bonchev–Trinajstić information content (AvgIpc) is 3.18. The van der Waals surface area contributed by atoms with Crippen LogP contribution >= 0.6 is 0 Å². The Morgan fingerprint density at radius 3 is 2.71 bits per heavy atom. The largest absolute Gasteiger partial charge is 0.454 e. The minimum absolute atomic E-state index is 0.0909. The third kappa shape index (κ3) is 4.56. The number of hydrogen-bond acceptors (Lipinski definition) is 7. The summed E-state index contributed by atoms with van der Waals surface area (Å²) < 4.78 is 15.2. The molecule has 0 saturated heterocycles. The molecule has 0 radical (unpaired) electrons. The van der Waals surface area contributed by atoms with Crippen molar-refractivity contribution in [2.75, 3.05) is 25.3 Å². The van der Waals surface area contributed by atoms with Gasteiger partial charge in [-0.3, -0.25) is 14.4 Å². The van der Waals surface area contributed by atoms with Crippen LogP contribution in [0, 0.1) is 11.3 Å². The van der Waals surface area contributed by atoms with Gasteiger partial charge in [0.1, 0.15) is 12.6 Å². The molecule has 0 saturated carbocycles. The third-order valence-corrected chi connectivity index (χ3v) is 3.71. The van der Waals surface area contributed by atoms with E-state index in [4.69, 9.17) is 19.5 Å². The first-order chi connectivity index (χ1) is 13.6. The summed E-state index contributed by atoms with van der Waals surface area (Å²) in [5.74, 6) is -0.886. The van der Waals surface area contributed by atoms with Crippen molar-refractivity contribution in [3.8, 4) is 17.6 Å². The number of carbonyl (C=O) groups is 3. The van der Waals surface area contributed by atoms with E-state index in [-0.39, 0.29) is 12.4 Å². The van der Waals surface area contributed by atoms with Crippen LogP contribution in [0.5, 0.6) is 11.5 Å². The van der Waals surface area contributed by atoms with Crippen LogP contribution in [-0.4, -0.2) is 37.7 Å². The molecule has 0 spiro atoms. The van der Waals surface area contributed by atoms with Gasteiger partial charge in [0.2, 0.25) is 6.79 Å². The number of anilines is 1. The second-order valence-corrected chi connectivity index (χ2v) is 5.62. The molecule has 2 aromatic carbocycles. The molecule has 0 atom stereocenters. The SMILES string of the molecule is N#Cc1ccccc1NC(=O)COC(=O)CNC(=O)c1ccc2c(c1)OCO2. The van der Waals surface area contributed by atoms with Crippen molar-refractivity contribution in [1.29, 1.82) is 5.26 Å². The normalized spacial score (nSPS) is 11.2. The Balaban J connectivity index is 1.43. The summed E-state index contributed by atoms with van der Waals surface area (Å²) in [6.45, 7) is -0.860. The van der Waals surface area contributed by atoms with Gasteiger partial charge in [-0.05, 0) is 30.3 Å². The topological polar surface area (TPSA) is 127 Å². The summed E-state index contributed by atoms with van der Waals surface area (Å²) in [5, 5.41) is 13.9. The minimum atomic E-state index is -0.780. The van der Waals surface area contributed by atoms with E-state index in [0.717, 1.165) is 0 Å². The first-order valence-electron chi connectivity index (χ1n) is 8.19. The number of nitrogens with one attached hydrogen (secondary N) is 2. The van der Waals surface area contributed by atoms with Gasteiger partial charge in [0.15, 0.2) is 18.1 Å². The molecule has 9 heteroatoms. The quantitative estimate of drug-likeness (QED) is 0.720. The molecule has 2 N–H and O–H groups in total. The van der Waals surface area contributed by atoms with Gasteiger partial charge in [-0.1, -0.05) is 12.1 Å². The molecule has 3 rings (SSSR count). The first kappa shape index (κ1) is 18.7. The molecular weight excluding hydrogens is 366 g/mol. The van der Waals surface area contributed by atoms with Crippen molar-refractivity contribution in [2.45, 2.75) is 0 Å². The Labute approximate surface area is 159 Å². The first-order valence-corrected chi connectivity index (χ1v) is 8.19. The van der Waals surface area contributed by atoms with Gasteiger partial charge >= 0.3 is 5.97 Å². The summed E-state index contributed by atoms with van der Waals surface area (Å²) >= 11 is 0. The molecule has 0 bridgehead atoms. The Morgan fingerprint density at radius 2 is 1.89 bits per heavy atom. The number of esters is 1. The van der Waals surface area contributed by atoms with Crippen LogP contribution in [-0.2, 0) is 14.3 Å². The van der Waals surface area contributed by atoms with Crippen molar-refractivity contribution in [3.63, 3.8) is 0 Å². The maximum Gasteiger partial charge on any atom is 0.325 e. The van der Waals surface area contributed by atoms with Gasteiger partial charge < -0.3 is 24.8 Å². The number of nitriles is 1. The highest BCUT2D eigenvalue weighted by molar-refractivity contribution is 5.97. The predicted molar refractivity (Wildman–Crippen MR) is 95.6 cm³/mol. The van der Waals surface area contributed by atoms with Gasteiger partial charge in [-0.25, -0.2) is 0 Å². The Morgan fingerprint density at radius 1 is 1.11 bits per heavy atom. The zero-order chi connectivity index (χ0) is 19.9. The van der Waals surface area contributed by atoms with Crippen molar-refractivity contribution in [1.82, 2.24) is 5.32 Å². The van der Waals surface area contributed by atoms with Gasteiger partial charge in [0, 0.05) is 5.56 Å². The van der Waals surface area contributed by atoms with E-state index < -0.39 is 30.9 Å². The fourth-order valence-electron chi connectivity index (χ4n) is 2.37. The van der Waals surface area contributed by atoms with Gasteiger partial charge in [-0.15, -0.1) is 0 Å². The number of ether oxygens (including phenoxy) is 3. The van der Waals surface area contributed by atoms with E-state index >= 15 is 0 Å². The second kappa shape index (κ2) is 8.55. The maximum atomic E-state index is 12.1. The van der Waals surface area contributed by atoms with Crippen molar-refractivity contribution >= 4 is 23.5 Å². The molecule has 28 heavy (non-hydrogen) atoms. The molecule has 142 valence electrons. The van der Waals surface area contributed by atoms with Crippen LogP contribution in [0.2, 0.25) is 0 Å². The highest BCUT2D eigenvalue weighted by Crippen LogP contribution is 2.32. The van der Waals surface area contributed by atoms with Gasteiger partial charge in [-0.2, -0.15) is 5.26 Å². The molecule has 0 aromatic heterocycles. The number of hydrogen-bond donors (Lipinski definition) is 2. The Hall–Kier alpha value is -4.06. The lowest BCUT2D eigenvalue weighted by Gasteiger charge is -2.08. The van der Waals surface area contributed by atoms with Crippen LogP contribution < -0.4 is 20.1 Å². The number of rotatable bonds is 6. The molecule has 0 unspecified atom stereocenters. The molecule has 1 heterocycles. The van der Waals surface area contributed by atoms with Crippen LogP contribution in [0.4, 0.5) is 5.69 Å². The fourth-order valence-corrected chi connectivity index (χ4v) is 2.37. The number of nitrogens with zero attached hydrogens (tertiary/aromatic N) is 1. The number of fused-ring (bicyclic) bond motifs is 1. The van der Waals surface area contributed by atoms with Crippen LogP contribution in [0.15, 0.2) is 42.5 Å². The highest BCUT2D eigenvalue weighted by atomic mass is 16.7. The summed E-state index contributed by atoms with van der Waals surface area (Å²) in [7, 11) is 0. The van der Waals surface area contributed by atoms with Gasteiger partial charge in [0.25, 0.3) is 11.8 Å². The highest BCUT2D eigenvalue weighted by Gasteiger charge is 2.17. The lowest BCUT2D eigenvalue weighted by Crippen LogP contribution is -2.32. The van der Waals surface area contributed by atoms with E-state index in [1.807, 2.05) is 6.07 Å². The molecule has 2 amide bonds. The third-order valence-electron chi connectivity index (χ3n) is 3.71. The monoisotopic (exact) mass is 381 g/mol. The van der Waals surface area contributed by atoms with Gasteiger partial charge in [0.05, 0.1) is 11.3 Å². The Bertz CT molecular complexity index is 966. The van der Waals surface area contributed by atoms with Crippen LogP contribution in [0.1, 0.15) is 15.9 Å². The van der Waals surface area contributed by atoms with E-state index in [0.29, 0.717) is 22.7 Å². The Kier molecular flexibility index (Phi) is 5.72. The molecule has 0 fully saturated rings. The zero-order valence-corrected chi connectivity index (χ0v) is 14.6. The van der Waals surface area contributed by atoms with Crippen LogP contribution in [0.25, 0.3) is 0 Å². The molecule has 1 aliphatic rings. The van der Waals surface area contributed by atoms with E-state index in [9.17, 15) is 14.4 Å². The summed E-state index contributed by atoms with van der Waals surface area (Å²) in [4.78, 5) is 35.6. The molecule has 1 aliphatic heterocycles. The smallest absolute Gasteiger partial charge is 0.325 e. The van der Waals surface area contributed by atoms with Crippen molar-refractivity contribution in [2.24, 2.45) is 0 Å². The number of para-hydroxylation sites is 1. The summed E-state index contributed by atoms with van der Waals surface area (Å²) in [5.41, 5.74) is 0.906. The average molecular weight is 381 g/mol. The number of benzene rings is 2. The molecular formula is C19H15N3O6. The van der Waals surface area contributed by atoms with Crippen LogP contribution in [0.3, 0.4) is 0 Å². The van der Waals surface area contributed by atoms with Crippen molar-refractivity contribution in [3.05, 3.63) is 53.6 Å². The standard InChI is InChI=1S/C19H15N3O6/c20-8-13-3-1-2-4-14(13)22-17(23)10-26-18(24)9-21-19(25)12-5-6-15-16(7-12)28-11-27-15/h1-7H,9-11H2,(H,21,25)(H,22,23). The fraction of sp³-hybridized carbons (Fsp3) is 0.158.